The van der Waals surface area contributed by atoms with E-state index in [2.05, 4.69) is 15.3 Å². The SMILES string of the molecule is CC(NC(=O)c1cnccn1)c1ccccc1F. The van der Waals surface area contributed by atoms with E-state index in [0.717, 1.165) is 0 Å². The molecule has 0 bridgehead atoms. The number of aromatic nitrogens is 2. The predicted molar refractivity (Wildman–Crippen MR) is 64.3 cm³/mol. The first-order valence-electron chi connectivity index (χ1n) is 5.50. The van der Waals surface area contributed by atoms with Gasteiger partial charge in [-0.25, -0.2) is 9.37 Å². The molecule has 1 N–H and O–H groups in total. The van der Waals surface area contributed by atoms with Gasteiger partial charge in [-0.15, -0.1) is 0 Å². The number of halogens is 1. The van der Waals surface area contributed by atoms with Crippen LogP contribution in [0.1, 0.15) is 29.0 Å². The van der Waals surface area contributed by atoms with Crippen LogP contribution >= 0.6 is 0 Å². The van der Waals surface area contributed by atoms with E-state index in [0.29, 0.717) is 5.56 Å². The monoisotopic (exact) mass is 245 g/mol. The summed E-state index contributed by atoms with van der Waals surface area (Å²) in [7, 11) is 0. The number of carbonyl (C=O) groups is 1. The number of amides is 1. The van der Waals surface area contributed by atoms with Crippen molar-refractivity contribution in [3.8, 4) is 0 Å². The fraction of sp³-hybridized carbons (Fsp3) is 0.154. The van der Waals surface area contributed by atoms with E-state index in [-0.39, 0.29) is 17.4 Å². The van der Waals surface area contributed by atoms with E-state index in [1.54, 1.807) is 25.1 Å². The molecule has 0 aliphatic heterocycles. The van der Waals surface area contributed by atoms with E-state index in [1.165, 1.54) is 24.7 Å². The highest BCUT2D eigenvalue weighted by molar-refractivity contribution is 5.92. The molecule has 2 aromatic rings. The third-order valence-corrected chi connectivity index (χ3v) is 2.52. The summed E-state index contributed by atoms with van der Waals surface area (Å²) < 4.78 is 13.5. The minimum Gasteiger partial charge on any atom is -0.344 e. The van der Waals surface area contributed by atoms with Gasteiger partial charge < -0.3 is 5.32 Å². The Morgan fingerprint density at radius 2 is 2.11 bits per heavy atom. The molecule has 0 aliphatic carbocycles. The van der Waals surface area contributed by atoms with Crippen LogP contribution < -0.4 is 5.32 Å². The van der Waals surface area contributed by atoms with Gasteiger partial charge in [0.1, 0.15) is 11.5 Å². The summed E-state index contributed by atoms with van der Waals surface area (Å²) in [5.41, 5.74) is 0.649. The van der Waals surface area contributed by atoms with Crippen LogP contribution in [0.2, 0.25) is 0 Å². The Morgan fingerprint density at radius 1 is 1.33 bits per heavy atom. The molecule has 0 fully saturated rings. The normalized spacial score (nSPS) is 11.9. The highest BCUT2D eigenvalue weighted by Gasteiger charge is 2.14. The summed E-state index contributed by atoms with van der Waals surface area (Å²) in [5, 5.41) is 2.67. The van der Waals surface area contributed by atoms with Crippen molar-refractivity contribution in [3.63, 3.8) is 0 Å². The maximum absolute atomic E-state index is 13.5. The maximum atomic E-state index is 13.5. The van der Waals surface area contributed by atoms with Crippen molar-refractivity contribution in [2.45, 2.75) is 13.0 Å². The minimum absolute atomic E-state index is 0.209. The molecule has 0 aliphatic rings. The summed E-state index contributed by atoms with van der Waals surface area (Å²) in [6, 6.07) is 5.90. The first kappa shape index (κ1) is 12.2. The number of nitrogens with one attached hydrogen (secondary N) is 1. The van der Waals surface area contributed by atoms with Crippen LogP contribution in [0.15, 0.2) is 42.9 Å². The molecule has 0 saturated heterocycles. The molecule has 1 amide bonds. The van der Waals surface area contributed by atoms with Crippen LogP contribution in [0.3, 0.4) is 0 Å². The van der Waals surface area contributed by atoms with Gasteiger partial charge >= 0.3 is 0 Å². The quantitative estimate of drug-likeness (QED) is 0.901. The van der Waals surface area contributed by atoms with Crippen molar-refractivity contribution < 1.29 is 9.18 Å². The van der Waals surface area contributed by atoms with E-state index >= 15 is 0 Å². The number of hydrogen-bond donors (Lipinski definition) is 1. The Bertz CT molecular complexity index is 545. The smallest absolute Gasteiger partial charge is 0.271 e. The third-order valence-electron chi connectivity index (χ3n) is 2.52. The van der Waals surface area contributed by atoms with Gasteiger partial charge in [0.2, 0.25) is 0 Å². The lowest BCUT2D eigenvalue weighted by Crippen LogP contribution is -2.28. The number of hydrogen-bond acceptors (Lipinski definition) is 3. The van der Waals surface area contributed by atoms with Crippen LogP contribution in [0.5, 0.6) is 0 Å². The largest absolute Gasteiger partial charge is 0.344 e. The standard InChI is InChI=1S/C13H12FN3O/c1-9(10-4-2-3-5-11(10)14)17-13(18)12-8-15-6-7-16-12/h2-9H,1H3,(H,17,18). The Hall–Kier alpha value is -2.30. The third kappa shape index (κ3) is 2.68. The molecule has 1 atom stereocenters. The molecule has 1 heterocycles. The van der Waals surface area contributed by atoms with E-state index in [1.807, 2.05) is 0 Å². The molecule has 0 spiro atoms. The second-order valence-electron chi connectivity index (χ2n) is 3.81. The van der Waals surface area contributed by atoms with Gasteiger partial charge in [-0.1, -0.05) is 18.2 Å². The number of carbonyl (C=O) groups excluding carboxylic acids is 1. The van der Waals surface area contributed by atoms with Crippen LogP contribution in [-0.4, -0.2) is 15.9 Å². The molecule has 1 aromatic carbocycles. The number of rotatable bonds is 3. The summed E-state index contributed by atoms with van der Waals surface area (Å²) >= 11 is 0. The molecule has 1 aromatic heterocycles. The zero-order valence-electron chi connectivity index (χ0n) is 9.80. The van der Waals surface area contributed by atoms with Gasteiger partial charge in [-0.2, -0.15) is 0 Å². The van der Waals surface area contributed by atoms with Crippen molar-refractivity contribution >= 4 is 5.91 Å². The van der Waals surface area contributed by atoms with Gasteiger partial charge in [0.05, 0.1) is 12.2 Å². The Balaban J connectivity index is 2.11. The highest BCUT2D eigenvalue weighted by Crippen LogP contribution is 2.16. The molecule has 18 heavy (non-hydrogen) atoms. The van der Waals surface area contributed by atoms with Crippen LogP contribution in [-0.2, 0) is 0 Å². The summed E-state index contributed by atoms with van der Waals surface area (Å²) in [6.07, 6.45) is 4.28. The van der Waals surface area contributed by atoms with Crippen LogP contribution in [0.4, 0.5) is 4.39 Å². The van der Waals surface area contributed by atoms with Gasteiger partial charge in [0.15, 0.2) is 0 Å². The summed E-state index contributed by atoms with van der Waals surface area (Å²) in [4.78, 5) is 19.5. The van der Waals surface area contributed by atoms with Crippen molar-refractivity contribution in [2.24, 2.45) is 0 Å². The van der Waals surface area contributed by atoms with Crippen molar-refractivity contribution in [2.75, 3.05) is 0 Å². The van der Waals surface area contributed by atoms with E-state index < -0.39 is 6.04 Å². The van der Waals surface area contributed by atoms with Crippen molar-refractivity contribution in [1.29, 1.82) is 0 Å². The molecule has 4 nitrogen and oxygen atoms in total. The molecule has 1 unspecified atom stereocenters. The lowest BCUT2D eigenvalue weighted by atomic mass is 10.1. The van der Waals surface area contributed by atoms with E-state index in [9.17, 15) is 9.18 Å². The van der Waals surface area contributed by atoms with Crippen molar-refractivity contribution in [1.82, 2.24) is 15.3 Å². The van der Waals surface area contributed by atoms with Gasteiger partial charge in [0.25, 0.3) is 5.91 Å². The molecule has 92 valence electrons. The van der Waals surface area contributed by atoms with Gasteiger partial charge in [-0.3, -0.25) is 9.78 Å². The van der Waals surface area contributed by atoms with Crippen LogP contribution in [0.25, 0.3) is 0 Å². The second kappa shape index (κ2) is 5.35. The predicted octanol–water partition coefficient (Wildman–Crippen LogP) is 2.11. The molecule has 0 saturated carbocycles. The van der Waals surface area contributed by atoms with Crippen LogP contribution in [0, 0.1) is 5.82 Å². The Labute approximate surface area is 104 Å². The topological polar surface area (TPSA) is 54.9 Å². The fourth-order valence-electron chi connectivity index (χ4n) is 1.59. The first-order valence-corrected chi connectivity index (χ1v) is 5.50. The highest BCUT2D eigenvalue weighted by atomic mass is 19.1. The minimum atomic E-state index is -0.430. The zero-order valence-corrected chi connectivity index (χ0v) is 9.80. The fourth-order valence-corrected chi connectivity index (χ4v) is 1.59. The Morgan fingerprint density at radius 3 is 2.78 bits per heavy atom. The second-order valence-corrected chi connectivity index (χ2v) is 3.81. The van der Waals surface area contributed by atoms with Gasteiger partial charge in [0, 0.05) is 18.0 Å². The Kier molecular flexibility index (Phi) is 3.62. The lowest BCUT2D eigenvalue weighted by molar-refractivity contribution is 0.0934. The molecular formula is C13H12FN3O. The lowest BCUT2D eigenvalue weighted by Gasteiger charge is -2.14. The summed E-state index contributed by atoms with van der Waals surface area (Å²) in [5.74, 6) is -0.719. The first-order chi connectivity index (χ1) is 8.68. The summed E-state index contributed by atoms with van der Waals surface area (Å²) in [6.45, 7) is 1.71. The molecular weight excluding hydrogens is 233 g/mol. The van der Waals surface area contributed by atoms with E-state index in [4.69, 9.17) is 0 Å². The average molecular weight is 245 g/mol. The molecule has 0 radical (unpaired) electrons. The molecule has 2 rings (SSSR count). The average Bonchev–Trinajstić information content (AvgIpc) is 2.40. The molecule has 5 heteroatoms. The maximum Gasteiger partial charge on any atom is 0.271 e. The number of nitrogens with zero attached hydrogens (tertiary/aromatic N) is 2. The van der Waals surface area contributed by atoms with Gasteiger partial charge in [-0.05, 0) is 13.0 Å². The van der Waals surface area contributed by atoms with Crippen molar-refractivity contribution in [3.05, 3.63) is 59.9 Å². The number of benzene rings is 1. The zero-order chi connectivity index (χ0) is 13.0.